The van der Waals surface area contributed by atoms with E-state index in [1.54, 1.807) is 0 Å². The van der Waals surface area contributed by atoms with Gasteiger partial charge in [0.25, 0.3) is 0 Å². The van der Waals surface area contributed by atoms with Crippen molar-refractivity contribution in [2.24, 2.45) is 0 Å². The molecular weight excluding hydrogens is 227 g/mol. The Labute approximate surface area is 98.2 Å². The minimum absolute atomic E-state index is 0.112. The van der Waals surface area contributed by atoms with Gasteiger partial charge in [-0.25, -0.2) is 9.18 Å². The molecule has 0 saturated heterocycles. The van der Waals surface area contributed by atoms with Gasteiger partial charge in [-0.15, -0.1) is 11.8 Å². The molecule has 0 saturated carbocycles. The van der Waals surface area contributed by atoms with Crippen molar-refractivity contribution in [1.29, 1.82) is 0 Å². The maximum Gasteiger partial charge on any atom is 0.335 e. The average molecular weight is 240 g/mol. The highest BCUT2D eigenvalue weighted by Crippen LogP contribution is 2.23. The highest BCUT2D eigenvalue weighted by molar-refractivity contribution is 7.99. The van der Waals surface area contributed by atoms with Crippen molar-refractivity contribution in [3.8, 4) is 0 Å². The molecule has 1 rings (SSSR count). The predicted molar refractivity (Wildman–Crippen MR) is 63.5 cm³/mol. The van der Waals surface area contributed by atoms with Gasteiger partial charge >= 0.3 is 5.97 Å². The molecule has 0 radical (unpaired) electrons. The Morgan fingerprint density at radius 1 is 1.50 bits per heavy atom. The Morgan fingerprint density at radius 2 is 2.19 bits per heavy atom. The molecule has 2 nitrogen and oxygen atoms in total. The topological polar surface area (TPSA) is 37.3 Å². The summed E-state index contributed by atoms with van der Waals surface area (Å²) < 4.78 is 13.3. The van der Waals surface area contributed by atoms with Crippen LogP contribution in [0.2, 0.25) is 0 Å². The fourth-order valence-electron chi connectivity index (χ4n) is 1.05. The van der Waals surface area contributed by atoms with Crippen LogP contribution in [-0.2, 0) is 0 Å². The normalized spacial score (nSPS) is 9.94. The van der Waals surface area contributed by atoms with Gasteiger partial charge in [0.15, 0.2) is 0 Å². The largest absolute Gasteiger partial charge is 0.478 e. The molecule has 0 aliphatic heterocycles. The molecular formula is C12H13FO2S. The Bertz CT molecular complexity index is 423. The lowest BCUT2D eigenvalue weighted by molar-refractivity contribution is 0.0696. The van der Waals surface area contributed by atoms with E-state index < -0.39 is 5.97 Å². The lowest BCUT2D eigenvalue weighted by atomic mass is 10.2. The molecule has 0 bridgehead atoms. The lowest BCUT2D eigenvalue weighted by Crippen LogP contribution is -1.97. The first-order valence-corrected chi connectivity index (χ1v) is 5.78. The van der Waals surface area contributed by atoms with Crippen LogP contribution in [0.15, 0.2) is 34.7 Å². The summed E-state index contributed by atoms with van der Waals surface area (Å²) in [4.78, 5) is 11.1. The zero-order valence-corrected chi connectivity index (χ0v) is 9.97. The summed E-state index contributed by atoms with van der Waals surface area (Å²) >= 11 is 1.29. The molecule has 0 atom stereocenters. The van der Waals surface area contributed by atoms with Crippen LogP contribution < -0.4 is 0 Å². The lowest BCUT2D eigenvalue weighted by Gasteiger charge is -2.02. The highest BCUT2D eigenvalue weighted by Gasteiger charge is 2.08. The summed E-state index contributed by atoms with van der Waals surface area (Å²) in [6.07, 6.45) is 1.97. The first kappa shape index (κ1) is 12.8. The van der Waals surface area contributed by atoms with Gasteiger partial charge in [-0.3, -0.25) is 0 Å². The molecule has 86 valence electrons. The Balaban J connectivity index is 2.82. The van der Waals surface area contributed by atoms with Gasteiger partial charge in [-0.05, 0) is 32.0 Å². The number of hydrogen-bond acceptors (Lipinski definition) is 2. The van der Waals surface area contributed by atoms with Gasteiger partial charge in [0.2, 0.25) is 0 Å². The van der Waals surface area contributed by atoms with E-state index in [1.807, 2.05) is 19.9 Å². The molecule has 16 heavy (non-hydrogen) atoms. The van der Waals surface area contributed by atoms with Crippen LogP contribution in [-0.4, -0.2) is 16.8 Å². The van der Waals surface area contributed by atoms with Crippen LogP contribution in [0.1, 0.15) is 24.2 Å². The van der Waals surface area contributed by atoms with E-state index in [0.29, 0.717) is 10.6 Å². The molecule has 0 aliphatic carbocycles. The second kappa shape index (κ2) is 5.70. The van der Waals surface area contributed by atoms with Crippen molar-refractivity contribution < 1.29 is 14.3 Å². The first-order valence-electron chi connectivity index (χ1n) is 4.79. The third-order valence-electron chi connectivity index (χ3n) is 1.91. The number of rotatable bonds is 4. The number of carbonyl (C=O) groups is 1. The second-order valence-corrected chi connectivity index (χ2v) is 4.60. The SMILES string of the molecule is CC(C)=CCSc1cc(C(=O)O)ccc1F. The molecule has 0 aromatic heterocycles. The van der Waals surface area contributed by atoms with Crippen LogP contribution >= 0.6 is 11.8 Å². The van der Waals surface area contributed by atoms with Crippen LogP contribution in [0.25, 0.3) is 0 Å². The molecule has 0 aliphatic rings. The first-order chi connectivity index (χ1) is 7.50. The van der Waals surface area contributed by atoms with E-state index in [0.717, 1.165) is 5.57 Å². The van der Waals surface area contributed by atoms with Gasteiger partial charge in [0.1, 0.15) is 5.82 Å². The van der Waals surface area contributed by atoms with Gasteiger partial charge in [0, 0.05) is 10.6 Å². The maximum atomic E-state index is 13.3. The monoisotopic (exact) mass is 240 g/mol. The molecule has 1 aromatic rings. The number of hydrogen-bond donors (Lipinski definition) is 1. The average Bonchev–Trinajstić information content (AvgIpc) is 2.20. The van der Waals surface area contributed by atoms with Crippen molar-refractivity contribution in [2.45, 2.75) is 18.7 Å². The molecule has 0 spiro atoms. The van der Waals surface area contributed by atoms with Gasteiger partial charge < -0.3 is 5.11 Å². The number of halogens is 1. The van der Waals surface area contributed by atoms with E-state index in [4.69, 9.17) is 5.11 Å². The van der Waals surface area contributed by atoms with E-state index in [2.05, 4.69) is 0 Å². The predicted octanol–water partition coefficient (Wildman–Crippen LogP) is 3.58. The third-order valence-corrected chi connectivity index (χ3v) is 2.87. The third kappa shape index (κ3) is 3.70. The number of benzene rings is 1. The zero-order valence-electron chi connectivity index (χ0n) is 9.16. The quantitative estimate of drug-likeness (QED) is 0.645. The Hall–Kier alpha value is -1.29. The summed E-state index contributed by atoms with van der Waals surface area (Å²) in [6.45, 7) is 3.93. The van der Waals surface area contributed by atoms with E-state index in [-0.39, 0.29) is 11.4 Å². The molecule has 0 heterocycles. The van der Waals surface area contributed by atoms with E-state index in [1.165, 1.54) is 30.0 Å². The number of thioether (sulfide) groups is 1. The van der Waals surface area contributed by atoms with Crippen LogP contribution in [0.4, 0.5) is 4.39 Å². The Kier molecular flexibility index (Phi) is 4.55. The number of aromatic carboxylic acids is 1. The van der Waals surface area contributed by atoms with Crippen LogP contribution in [0.5, 0.6) is 0 Å². The summed E-state index contributed by atoms with van der Waals surface area (Å²) in [7, 11) is 0. The highest BCUT2D eigenvalue weighted by atomic mass is 32.2. The second-order valence-electron chi connectivity index (χ2n) is 3.54. The zero-order chi connectivity index (χ0) is 12.1. The van der Waals surface area contributed by atoms with Crippen molar-refractivity contribution in [2.75, 3.05) is 5.75 Å². The number of carboxylic acids is 1. The molecule has 4 heteroatoms. The van der Waals surface area contributed by atoms with Crippen molar-refractivity contribution >= 4 is 17.7 Å². The molecule has 0 unspecified atom stereocenters. The van der Waals surface area contributed by atoms with Gasteiger partial charge in [-0.2, -0.15) is 0 Å². The van der Waals surface area contributed by atoms with Crippen LogP contribution in [0.3, 0.4) is 0 Å². The van der Waals surface area contributed by atoms with E-state index in [9.17, 15) is 9.18 Å². The maximum absolute atomic E-state index is 13.3. The van der Waals surface area contributed by atoms with Crippen molar-refractivity contribution in [3.05, 3.63) is 41.2 Å². The van der Waals surface area contributed by atoms with Gasteiger partial charge in [0.05, 0.1) is 5.56 Å². The van der Waals surface area contributed by atoms with E-state index >= 15 is 0 Å². The summed E-state index contributed by atoms with van der Waals surface area (Å²) in [5, 5.41) is 8.77. The minimum atomic E-state index is -1.04. The fraction of sp³-hybridized carbons (Fsp3) is 0.250. The minimum Gasteiger partial charge on any atom is -0.478 e. The van der Waals surface area contributed by atoms with Crippen molar-refractivity contribution in [1.82, 2.24) is 0 Å². The standard InChI is InChI=1S/C12H13FO2S/c1-8(2)5-6-16-11-7-9(12(14)15)3-4-10(11)13/h3-5,7H,6H2,1-2H3,(H,14,15). The van der Waals surface area contributed by atoms with Gasteiger partial charge in [-0.1, -0.05) is 11.6 Å². The number of allylic oxidation sites excluding steroid dienone is 1. The molecule has 1 N–H and O–H groups in total. The molecule has 0 amide bonds. The summed E-state index contributed by atoms with van der Waals surface area (Å²) in [5.74, 6) is -0.774. The molecule has 0 fully saturated rings. The summed E-state index contributed by atoms with van der Waals surface area (Å²) in [5.41, 5.74) is 1.27. The smallest absolute Gasteiger partial charge is 0.335 e. The van der Waals surface area contributed by atoms with Crippen LogP contribution in [0, 0.1) is 5.82 Å². The number of carboxylic acid groups (broad SMARTS) is 1. The molecule has 1 aromatic carbocycles. The fourth-order valence-corrected chi connectivity index (χ4v) is 2.06. The summed E-state index contributed by atoms with van der Waals surface area (Å²) in [6, 6.07) is 3.82. The van der Waals surface area contributed by atoms with Crippen molar-refractivity contribution in [3.63, 3.8) is 0 Å². The Morgan fingerprint density at radius 3 is 2.75 bits per heavy atom.